The Morgan fingerprint density at radius 3 is 2.59 bits per heavy atom. The van der Waals surface area contributed by atoms with Crippen LogP contribution in [0, 0.1) is 5.82 Å². The van der Waals surface area contributed by atoms with Crippen molar-refractivity contribution in [2.45, 2.75) is 57.2 Å². The molecular formula is C23H27FN2O. The van der Waals surface area contributed by atoms with Gasteiger partial charge in [0.05, 0.1) is 0 Å². The number of amides is 1. The van der Waals surface area contributed by atoms with Crippen LogP contribution in [0.2, 0.25) is 0 Å². The lowest BCUT2D eigenvalue weighted by atomic mass is 9.90. The molecule has 4 heteroatoms. The monoisotopic (exact) mass is 366 g/mol. The molecule has 142 valence electrons. The van der Waals surface area contributed by atoms with Crippen LogP contribution in [0.1, 0.15) is 54.8 Å². The lowest BCUT2D eigenvalue weighted by Gasteiger charge is -2.37. The first-order valence-corrected chi connectivity index (χ1v) is 10.1. The summed E-state index contributed by atoms with van der Waals surface area (Å²) in [6.07, 6.45) is 6.65. The van der Waals surface area contributed by atoms with Crippen LogP contribution in [-0.4, -0.2) is 23.4 Å². The predicted octanol–water partition coefficient (Wildman–Crippen LogP) is 4.37. The van der Waals surface area contributed by atoms with Crippen LogP contribution >= 0.6 is 0 Å². The van der Waals surface area contributed by atoms with Gasteiger partial charge in [-0.25, -0.2) is 4.39 Å². The molecule has 1 saturated carbocycles. The van der Waals surface area contributed by atoms with Gasteiger partial charge in [-0.2, -0.15) is 0 Å². The lowest BCUT2D eigenvalue weighted by Crippen LogP contribution is -2.47. The number of nitrogens with one attached hydrogen (secondary N) is 1. The number of rotatable bonds is 4. The molecule has 1 N–H and O–H groups in total. The van der Waals surface area contributed by atoms with E-state index in [1.165, 1.54) is 30.9 Å². The molecule has 1 amide bonds. The molecule has 0 aromatic heterocycles. The molecule has 1 aliphatic heterocycles. The third-order valence-corrected chi connectivity index (χ3v) is 5.91. The fourth-order valence-electron chi connectivity index (χ4n) is 4.47. The highest BCUT2D eigenvalue weighted by atomic mass is 19.1. The summed E-state index contributed by atoms with van der Waals surface area (Å²) < 4.78 is 14.2. The fraction of sp³-hybridized carbons (Fsp3) is 0.435. The zero-order valence-corrected chi connectivity index (χ0v) is 15.7. The molecule has 1 unspecified atom stereocenters. The van der Waals surface area contributed by atoms with E-state index in [4.69, 9.17) is 0 Å². The SMILES string of the molecule is O=C(NC1CCCCC1)C1c2ccccc2CCN1Cc1ccccc1F. The minimum atomic E-state index is -0.350. The highest BCUT2D eigenvalue weighted by Crippen LogP contribution is 2.32. The molecule has 1 fully saturated rings. The highest BCUT2D eigenvalue weighted by Gasteiger charge is 2.34. The summed E-state index contributed by atoms with van der Waals surface area (Å²) in [5.41, 5.74) is 2.94. The number of nitrogens with zero attached hydrogens (tertiary/aromatic N) is 1. The fourth-order valence-corrected chi connectivity index (χ4v) is 4.47. The Morgan fingerprint density at radius 2 is 1.78 bits per heavy atom. The van der Waals surface area contributed by atoms with Crippen LogP contribution in [0.15, 0.2) is 48.5 Å². The Kier molecular flexibility index (Phi) is 5.53. The van der Waals surface area contributed by atoms with Crippen LogP contribution in [0.4, 0.5) is 4.39 Å². The van der Waals surface area contributed by atoms with Gasteiger partial charge in [0.1, 0.15) is 11.9 Å². The molecule has 2 aliphatic rings. The van der Waals surface area contributed by atoms with E-state index >= 15 is 0 Å². The first-order chi connectivity index (χ1) is 13.2. The molecule has 1 heterocycles. The molecule has 27 heavy (non-hydrogen) atoms. The van der Waals surface area contributed by atoms with Gasteiger partial charge in [0.25, 0.3) is 0 Å². The Labute approximate surface area is 160 Å². The van der Waals surface area contributed by atoms with Gasteiger partial charge in [-0.05, 0) is 36.5 Å². The second-order valence-electron chi connectivity index (χ2n) is 7.76. The van der Waals surface area contributed by atoms with E-state index in [-0.39, 0.29) is 23.8 Å². The molecule has 0 spiro atoms. The third kappa shape index (κ3) is 4.06. The second-order valence-corrected chi connectivity index (χ2v) is 7.76. The summed E-state index contributed by atoms with van der Waals surface area (Å²) in [4.78, 5) is 15.4. The minimum absolute atomic E-state index is 0.0605. The molecule has 2 aromatic rings. The highest BCUT2D eigenvalue weighted by molar-refractivity contribution is 5.84. The third-order valence-electron chi connectivity index (χ3n) is 5.91. The van der Waals surface area contributed by atoms with Crippen molar-refractivity contribution < 1.29 is 9.18 Å². The molecule has 1 atom stereocenters. The normalized spacial score (nSPS) is 20.9. The average Bonchev–Trinajstić information content (AvgIpc) is 2.70. The summed E-state index contributed by atoms with van der Waals surface area (Å²) in [7, 11) is 0. The summed E-state index contributed by atoms with van der Waals surface area (Å²) in [5.74, 6) is -0.145. The van der Waals surface area contributed by atoms with Crippen molar-refractivity contribution in [3.8, 4) is 0 Å². The van der Waals surface area contributed by atoms with Crippen molar-refractivity contribution in [2.75, 3.05) is 6.54 Å². The first kappa shape index (κ1) is 18.2. The number of halogens is 1. The molecular weight excluding hydrogens is 339 g/mol. The van der Waals surface area contributed by atoms with Gasteiger partial charge in [0, 0.05) is 24.7 Å². The second kappa shape index (κ2) is 8.22. The van der Waals surface area contributed by atoms with E-state index in [2.05, 4.69) is 16.3 Å². The quantitative estimate of drug-likeness (QED) is 0.871. The van der Waals surface area contributed by atoms with Crippen LogP contribution in [0.5, 0.6) is 0 Å². The molecule has 1 aliphatic carbocycles. The van der Waals surface area contributed by atoms with Crippen molar-refractivity contribution in [2.24, 2.45) is 0 Å². The van der Waals surface area contributed by atoms with Crippen LogP contribution in [0.25, 0.3) is 0 Å². The number of fused-ring (bicyclic) bond motifs is 1. The maximum atomic E-state index is 14.2. The average molecular weight is 366 g/mol. The van der Waals surface area contributed by atoms with Crippen LogP contribution in [-0.2, 0) is 17.8 Å². The topological polar surface area (TPSA) is 32.3 Å². The number of carbonyl (C=O) groups excluding carboxylic acids is 1. The number of carbonyl (C=O) groups is 1. The zero-order chi connectivity index (χ0) is 18.6. The smallest absolute Gasteiger partial charge is 0.242 e. The molecule has 4 rings (SSSR count). The molecule has 2 aromatic carbocycles. The maximum Gasteiger partial charge on any atom is 0.242 e. The van der Waals surface area contributed by atoms with E-state index in [1.54, 1.807) is 6.07 Å². The summed E-state index contributed by atoms with van der Waals surface area (Å²) >= 11 is 0. The van der Waals surface area contributed by atoms with Crippen molar-refractivity contribution >= 4 is 5.91 Å². The zero-order valence-electron chi connectivity index (χ0n) is 15.7. The first-order valence-electron chi connectivity index (χ1n) is 10.1. The number of benzene rings is 2. The van der Waals surface area contributed by atoms with Gasteiger partial charge in [-0.1, -0.05) is 61.7 Å². The maximum absolute atomic E-state index is 14.2. The van der Waals surface area contributed by atoms with Crippen molar-refractivity contribution in [3.05, 3.63) is 71.0 Å². The van der Waals surface area contributed by atoms with Crippen molar-refractivity contribution in [1.29, 1.82) is 0 Å². The Bertz CT molecular complexity index is 800. The van der Waals surface area contributed by atoms with Gasteiger partial charge in [-0.15, -0.1) is 0 Å². The van der Waals surface area contributed by atoms with E-state index < -0.39 is 0 Å². The molecule has 0 bridgehead atoms. The largest absolute Gasteiger partial charge is 0.352 e. The minimum Gasteiger partial charge on any atom is -0.352 e. The van der Waals surface area contributed by atoms with Crippen LogP contribution in [0.3, 0.4) is 0 Å². The van der Waals surface area contributed by atoms with Gasteiger partial charge in [-0.3, -0.25) is 9.69 Å². The summed E-state index contributed by atoms with van der Waals surface area (Å²) in [5, 5.41) is 3.29. The summed E-state index contributed by atoms with van der Waals surface area (Å²) in [6.45, 7) is 1.21. The van der Waals surface area contributed by atoms with Gasteiger partial charge in [0.15, 0.2) is 0 Å². The Balaban J connectivity index is 1.59. The van der Waals surface area contributed by atoms with Gasteiger partial charge >= 0.3 is 0 Å². The van der Waals surface area contributed by atoms with Crippen molar-refractivity contribution in [1.82, 2.24) is 10.2 Å². The van der Waals surface area contributed by atoms with E-state index in [0.717, 1.165) is 31.4 Å². The van der Waals surface area contributed by atoms with E-state index in [9.17, 15) is 9.18 Å². The number of hydrogen-bond acceptors (Lipinski definition) is 2. The van der Waals surface area contributed by atoms with Gasteiger partial charge < -0.3 is 5.32 Å². The predicted molar refractivity (Wildman–Crippen MR) is 105 cm³/mol. The Hall–Kier alpha value is -2.20. The Morgan fingerprint density at radius 1 is 1.04 bits per heavy atom. The van der Waals surface area contributed by atoms with E-state index in [1.807, 2.05) is 30.3 Å². The summed E-state index contributed by atoms with van der Waals surface area (Å²) in [6, 6.07) is 15.0. The van der Waals surface area contributed by atoms with Crippen LogP contribution < -0.4 is 5.32 Å². The standard InChI is InChI=1S/C23H27FN2O/c24-21-13-7-5-9-18(21)16-26-15-14-17-8-4-6-12-20(17)22(26)23(27)25-19-10-2-1-3-11-19/h4-9,12-13,19,22H,1-3,10-11,14-16H2,(H,25,27). The molecule has 3 nitrogen and oxygen atoms in total. The van der Waals surface area contributed by atoms with Gasteiger partial charge in [0.2, 0.25) is 5.91 Å². The van der Waals surface area contributed by atoms with E-state index in [0.29, 0.717) is 12.1 Å². The lowest BCUT2D eigenvalue weighted by molar-refractivity contribution is -0.128. The number of hydrogen-bond donors (Lipinski definition) is 1. The molecule has 0 saturated heterocycles. The van der Waals surface area contributed by atoms with Crippen molar-refractivity contribution in [3.63, 3.8) is 0 Å². The molecule has 0 radical (unpaired) electrons.